The SMILES string of the molecule is Cc1noc(C)c1-c1nc2c(s1)C(N)CCC2. The van der Waals surface area contributed by atoms with Crippen LogP contribution in [0.3, 0.4) is 0 Å². The van der Waals surface area contributed by atoms with Gasteiger partial charge in [-0.1, -0.05) is 5.16 Å². The lowest BCUT2D eigenvalue weighted by molar-refractivity contribution is 0.393. The van der Waals surface area contributed by atoms with Crippen molar-refractivity contribution in [3.63, 3.8) is 0 Å². The van der Waals surface area contributed by atoms with Gasteiger partial charge < -0.3 is 10.3 Å². The Bertz CT molecular complexity index is 539. The van der Waals surface area contributed by atoms with E-state index in [1.807, 2.05) is 13.8 Å². The van der Waals surface area contributed by atoms with Crippen LogP contribution in [0.4, 0.5) is 0 Å². The van der Waals surface area contributed by atoms with Crippen LogP contribution in [0.25, 0.3) is 10.6 Å². The Balaban J connectivity index is 2.11. The highest BCUT2D eigenvalue weighted by Crippen LogP contribution is 2.38. The molecule has 0 saturated heterocycles. The minimum atomic E-state index is 0.158. The van der Waals surface area contributed by atoms with Crippen molar-refractivity contribution in [2.75, 3.05) is 0 Å². The van der Waals surface area contributed by atoms with Gasteiger partial charge >= 0.3 is 0 Å². The number of rotatable bonds is 1. The molecule has 5 heteroatoms. The van der Waals surface area contributed by atoms with E-state index in [0.717, 1.165) is 41.3 Å². The first-order valence-electron chi connectivity index (χ1n) is 5.85. The molecule has 90 valence electrons. The third-order valence-electron chi connectivity index (χ3n) is 3.24. The zero-order chi connectivity index (χ0) is 12.0. The molecule has 2 aromatic heterocycles. The fourth-order valence-corrected chi connectivity index (χ4v) is 3.64. The topological polar surface area (TPSA) is 64.9 Å². The minimum Gasteiger partial charge on any atom is -0.361 e. The third-order valence-corrected chi connectivity index (χ3v) is 4.49. The fourth-order valence-electron chi connectivity index (χ4n) is 2.35. The molecule has 0 aliphatic heterocycles. The summed E-state index contributed by atoms with van der Waals surface area (Å²) in [7, 11) is 0. The van der Waals surface area contributed by atoms with Crippen molar-refractivity contribution in [3.05, 3.63) is 22.0 Å². The summed E-state index contributed by atoms with van der Waals surface area (Å²) in [4.78, 5) is 5.95. The van der Waals surface area contributed by atoms with E-state index in [4.69, 9.17) is 15.2 Å². The first kappa shape index (κ1) is 10.9. The summed E-state index contributed by atoms with van der Waals surface area (Å²) in [5, 5.41) is 4.98. The lowest BCUT2D eigenvalue weighted by Gasteiger charge is -2.15. The number of hydrogen-bond donors (Lipinski definition) is 1. The van der Waals surface area contributed by atoms with Crippen LogP contribution in [0.1, 0.15) is 40.9 Å². The molecule has 3 rings (SSSR count). The summed E-state index contributed by atoms with van der Waals surface area (Å²) >= 11 is 1.69. The maximum Gasteiger partial charge on any atom is 0.144 e. The average molecular weight is 249 g/mol. The van der Waals surface area contributed by atoms with E-state index in [-0.39, 0.29) is 6.04 Å². The van der Waals surface area contributed by atoms with Gasteiger partial charge in [0.1, 0.15) is 10.8 Å². The van der Waals surface area contributed by atoms with Crippen molar-refractivity contribution < 1.29 is 4.52 Å². The fraction of sp³-hybridized carbons (Fsp3) is 0.500. The zero-order valence-corrected chi connectivity index (χ0v) is 10.8. The third kappa shape index (κ3) is 1.70. The van der Waals surface area contributed by atoms with E-state index in [9.17, 15) is 0 Å². The Morgan fingerprint density at radius 3 is 2.88 bits per heavy atom. The van der Waals surface area contributed by atoms with E-state index in [2.05, 4.69) is 5.16 Å². The Morgan fingerprint density at radius 1 is 1.41 bits per heavy atom. The maximum atomic E-state index is 6.12. The number of aryl methyl sites for hydroxylation is 3. The Labute approximate surface area is 104 Å². The van der Waals surface area contributed by atoms with Gasteiger partial charge in [0.25, 0.3) is 0 Å². The second-order valence-corrected chi connectivity index (χ2v) is 5.56. The van der Waals surface area contributed by atoms with Crippen molar-refractivity contribution >= 4 is 11.3 Å². The number of aromatic nitrogens is 2. The second-order valence-electron chi connectivity index (χ2n) is 4.53. The van der Waals surface area contributed by atoms with Crippen molar-refractivity contribution in [2.24, 2.45) is 5.73 Å². The summed E-state index contributed by atoms with van der Waals surface area (Å²) in [5.74, 6) is 0.835. The molecule has 1 aliphatic carbocycles. The summed E-state index contributed by atoms with van der Waals surface area (Å²) < 4.78 is 5.19. The van der Waals surface area contributed by atoms with E-state index in [1.54, 1.807) is 11.3 Å². The van der Waals surface area contributed by atoms with Gasteiger partial charge in [-0.25, -0.2) is 4.98 Å². The molecule has 2 N–H and O–H groups in total. The summed E-state index contributed by atoms with van der Waals surface area (Å²) in [6.45, 7) is 3.88. The summed E-state index contributed by atoms with van der Waals surface area (Å²) in [5.41, 5.74) is 9.23. The molecule has 1 aliphatic rings. The molecule has 4 nitrogen and oxygen atoms in total. The van der Waals surface area contributed by atoms with Crippen molar-refractivity contribution in [2.45, 2.75) is 39.2 Å². The predicted molar refractivity (Wildman–Crippen MR) is 67.0 cm³/mol. The Hall–Kier alpha value is -1.20. The van der Waals surface area contributed by atoms with Crippen LogP contribution in [-0.2, 0) is 6.42 Å². The van der Waals surface area contributed by atoms with Gasteiger partial charge in [0, 0.05) is 10.9 Å². The molecule has 17 heavy (non-hydrogen) atoms. The Kier molecular flexibility index (Phi) is 2.52. The van der Waals surface area contributed by atoms with Crippen LogP contribution < -0.4 is 5.73 Å². The van der Waals surface area contributed by atoms with Gasteiger partial charge in [-0.05, 0) is 33.1 Å². The van der Waals surface area contributed by atoms with E-state index in [1.165, 1.54) is 10.6 Å². The molecule has 0 aromatic carbocycles. The largest absolute Gasteiger partial charge is 0.361 e. The first-order valence-corrected chi connectivity index (χ1v) is 6.67. The predicted octanol–water partition coefficient (Wildman–Crippen LogP) is 2.75. The number of fused-ring (bicyclic) bond motifs is 1. The van der Waals surface area contributed by atoms with Gasteiger partial charge in [0.05, 0.1) is 17.0 Å². The standard InChI is InChI=1S/C12H15N3OS/c1-6-10(7(2)16-15-6)12-14-9-5-3-4-8(13)11(9)17-12/h8H,3-5,13H2,1-2H3. The quantitative estimate of drug-likeness (QED) is 0.844. The van der Waals surface area contributed by atoms with Crippen LogP contribution >= 0.6 is 11.3 Å². The van der Waals surface area contributed by atoms with E-state index < -0.39 is 0 Å². The van der Waals surface area contributed by atoms with E-state index in [0.29, 0.717) is 0 Å². The highest BCUT2D eigenvalue weighted by molar-refractivity contribution is 7.15. The average Bonchev–Trinajstić information content (AvgIpc) is 2.84. The lowest BCUT2D eigenvalue weighted by Crippen LogP contribution is -2.15. The molecule has 2 heterocycles. The van der Waals surface area contributed by atoms with Crippen molar-refractivity contribution in [1.82, 2.24) is 10.1 Å². The maximum absolute atomic E-state index is 6.12. The number of hydrogen-bond acceptors (Lipinski definition) is 5. The van der Waals surface area contributed by atoms with Gasteiger partial charge in [0.15, 0.2) is 0 Å². The van der Waals surface area contributed by atoms with Crippen LogP contribution in [0, 0.1) is 13.8 Å². The normalized spacial score (nSPS) is 19.4. The molecular weight excluding hydrogens is 234 g/mol. The van der Waals surface area contributed by atoms with Crippen LogP contribution in [0.2, 0.25) is 0 Å². The van der Waals surface area contributed by atoms with Crippen LogP contribution in [0.5, 0.6) is 0 Å². The minimum absolute atomic E-state index is 0.158. The Morgan fingerprint density at radius 2 is 2.24 bits per heavy atom. The molecule has 0 bridgehead atoms. The zero-order valence-electron chi connectivity index (χ0n) is 9.99. The molecule has 2 aromatic rings. The molecule has 0 amide bonds. The molecule has 0 spiro atoms. The summed E-state index contributed by atoms with van der Waals surface area (Å²) in [6.07, 6.45) is 3.25. The second kappa shape index (κ2) is 3.92. The first-order chi connectivity index (χ1) is 8.16. The van der Waals surface area contributed by atoms with Gasteiger partial charge in [0.2, 0.25) is 0 Å². The lowest BCUT2D eigenvalue weighted by atomic mass is 9.99. The van der Waals surface area contributed by atoms with Gasteiger partial charge in [-0.2, -0.15) is 0 Å². The molecule has 1 unspecified atom stereocenters. The number of thiazole rings is 1. The van der Waals surface area contributed by atoms with Crippen molar-refractivity contribution in [1.29, 1.82) is 0 Å². The highest BCUT2D eigenvalue weighted by Gasteiger charge is 2.24. The van der Waals surface area contributed by atoms with Crippen LogP contribution in [-0.4, -0.2) is 10.1 Å². The van der Waals surface area contributed by atoms with Crippen molar-refractivity contribution in [3.8, 4) is 10.6 Å². The molecule has 0 fully saturated rings. The molecule has 1 atom stereocenters. The van der Waals surface area contributed by atoms with E-state index >= 15 is 0 Å². The number of nitrogens with two attached hydrogens (primary N) is 1. The molecular formula is C12H15N3OS. The van der Waals surface area contributed by atoms with Gasteiger partial charge in [-0.15, -0.1) is 11.3 Å². The van der Waals surface area contributed by atoms with Gasteiger partial charge in [-0.3, -0.25) is 0 Å². The van der Waals surface area contributed by atoms with Crippen LogP contribution in [0.15, 0.2) is 4.52 Å². The number of nitrogens with zero attached hydrogens (tertiary/aromatic N) is 2. The smallest absolute Gasteiger partial charge is 0.144 e. The summed E-state index contributed by atoms with van der Waals surface area (Å²) in [6, 6.07) is 0.158. The monoisotopic (exact) mass is 249 g/mol. The highest BCUT2D eigenvalue weighted by atomic mass is 32.1. The molecule has 0 radical (unpaired) electrons. The molecule has 0 saturated carbocycles.